The fraction of sp³-hybridized carbons (Fsp3) is 0.227. The average molecular weight is 534 g/mol. The molecule has 0 bridgehead atoms. The third-order valence-electron chi connectivity index (χ3n) is 5.05. The predicted molar refractivity (Wildman–Crippen MR) is 129 cm³/mol. The van der Waals surface area contributed by atoms with E-state index in [9.17, 15) is 4.79 Å². The molecule has 3 heterocycles. The lowest BCUT2D eigenvalue weighted by atomic mass is 10.1. The first kappa shape index (κ1) is 21.0. The predicted octanol–water partition coefficient (Wildman–Crippen LogP) is 4.91. The molecule has 1 saturated heterocycles. The zero-order chi connectivity index (χ0) is 21.1. The molecule has 3 aromatic rings. The van der Waals surface area contributed by atoms with E-state index in [2.05, 4.69) is 53.1 Å². The van der Waals surface area contributed by atoms with Gasteiger partial charge in [-0.25, -0.2) is 8.10 Å². The van der Waals surface area contributed by atoms with E-state index in [1.54, 1.807) is 24.5 Å². The van der Waals surface area contributed by atoms with E-state index in [-0.39, 0.29) is 5.91 Å². The highest BCUT2D eigenvalue weighted by Gasteiger charge is 2.22. The Morgan fingerprint density at radius 2 is 2.03 bits per heavy atom. The molecule has 1 atom stereocenters. The highest BCUT2D eigenvalue weighted by Crippen LogP contribution is 2.29. The van der Waals surface area contributed by atoms with Gasteiger partial charge < -0.3 is 10.2 Å². The van der Waals surface area contributed by atoms with Crippen molar-refractivity contribution in [3.05, 3.63) is 71.5 Å². The topological polar surface area (TPSA) is 61.4 Å². The van der Waals surface area contributed by atoms with Crippen LogP contribution in [0.1, 0.15) is 17.3 Å². The van der Waals surface area contributed by atoms with Crippen molar-refractivity contribution >= 4 is 51.9 Å². The third kappa shape index (κ3) is 4.74. The van der Waals surface area contributed by atoms with E-state index in [0.717, 1.165) is 36.7 Å². The Labute approximate surface area is 194 Å². The number of carbonyl (C=O) groups excluding carboxylic acids is 1. The summed E-state index contributed by atoms with van der Waals surface area (Å²) in [6.07, 6.45) is 3.34. The summed E-state index contributed by atoms with van der Waals surface area (Å²) in [5.74, 6) is 0.681. The molecule has 6 nitrogen and oxygen atoms in total. The third-order valence-corrected chi connectivity index (χ3v) is 6.81. The molecule has 4 rings (SSSR count). The van der Waals surface area contributed by atoms with Crippen LogP contribution in [0.5, 0.6) is 0 Å². The van der Waals surface area contributed by atoms with E-state index < -0.39 is 0 Å². The summed E-state index contributed by atoms with van der Waals surface area (Å²) in [6.45, 7) is 5.03. The van der Waals surface area contributed by atoms with Crippen molar-refractivity contribution in [1.82, 2.24) is 13.1 Å². The fourth-order valence-electron chi connectivity index (χ4n) is 3.38. The number of nitrogens with zero attached hydrogens (tertiary/aromatic N) is 4. The summed E-state index contributed by atoms with van der Waals surface area (Å²) in [5, 5.41) is 3.50. The number of hydrogen-bond acceptors (Lipinski definition) is 5. The van der Waals surface area contributed by atoms with E-state index >= 15 is 0 Å². The first-order valence-electron chi connectivity index (χ1n) is 9.67. The number of carbonyl (C=O) groups is 1. The van der Waals surface area contributed by atoms with Gasteiger partial charge in [-0.05, 0) is 49.4 Å². The minimum atomic E-state index is -0.214. The maximum Gasteiger partial charge on any atom is 0.257 e. The van der Waals surface area contributed by atoms with Gasteiger partial charge in [0.2, 0.25) is 0 Å². The summed E-state index contributed by atoms with van der Waals surface area (Å²) in [5.41, 5.74) is 2.69. The van der Waals surface area contributed by atoms with Gasteiger partial charge in [-0.1, -0.05) is 17.7 Å². The van der Waals surface area contributed by atoms with Gasteiger partial charge in [0, 0.05) is 72.2 Å². The molecular formula is C22H21ClIN5O. The van der Waals surface area contributed by atoms with Crippen LogP contribution in [0.4, 0.5) is 11.5 Å². The number of hydrogen-bond donors (Lipinski definition) is 1. The van der Waals surface area contributed by atoms with Gasteiger partial charge in [-0.3, -0.25) is 9.78 Å². The molecule has 1 N–H and O–H groups in total. The number of anilines is 2. The van der Waals surface area contributed by atoms with Crippen molar-refractivity contribution in [1.29, 1.82) is 0 Å². The normalized spacial score (nSPS) is 17.0. The largest absolute Gasteiger partial charge is 0.354 e. The second-order valence-corrected chi connectivity index (χ2v) is 8.83. The van der Waals surface area contributed by atoms with Gasteiger partial charge in [-0.2, -0.15) is 0 Å². The zero-order valence-electron chi connectivity index (χ0n) is 16.4. The summed E-state index contributed by atoms with van der Waals surface area (Å²) >= 11 is 8.69. The van der Waals surface area contributed by atoms with E-state index in [1.165, 1.54) is 0 Å². The monoisotopic (exact) mass is 533 g/mol. The molecule has 1 amide bonds. The Bertz CT molecular complexity index is 1030. The number of nitrogens with one attached hydrogen (secondary N) is 1. The van der Waals surface area contributed by atoms with Crippen LogP contribution in [0.15, 0.2) is 60.9 Å². The number of aromatic nitrogens is 2. The van der Waals surface area contributed by atoms with Crippen LogP contribution < -0.4 is 10.2 Å². The number of rotatable bonds is 4. The Kier molecular flexibility index (Phi) is 6.50. The van der Waals surface area contributed by atoms with Gasteiger partial charge in [0.1, 0.15) is 5.82 Å². The van der Waals surface area contributed by atoms with Crippen LogP contribution in [-0.2, 0) is 0 Å². The second kappa shape index (κ2) is 9.28. The number of amides is 1. The van der Waals surface area contributed by atoms with Crippen molar-refractivity contribution in [3.63, 3.8) is 0 Å². The maximum absolute atomic E-state index is 12.7. The summed E-state index contributed by atoms with van der Waals surface area (Å²) in [6, 6.07) is 15.2. The van der Waals surface area contributed by atoms with Crippen LogP contribution in [0, 0.1) is 0 Å². The van der Waals surface area contributed by atoms with Crippen molar-refractivity contribution < 1.29 is 4.79 Å². The van der Waals surface area contributed by atoms with Crippen molar-refractivity contribution in [2.75, 3.05) is 29.9 Å². The molecule has 2 aromatic heterocycles. The molecule has 30 heavy (non-hydrogen) atoms. The quantitative estimate of drug-likeness (QED) is 0.381. The van der Waals surface area contributed by atoms with Crippen molar-refractivity contribution in [2.24, 2.45) is 0 Å². The van der Waals surface area contributed by atoms with Gasteiger partial charge in [0.25, 0.3) is 5.91 Å². The summed E-state index contributed by atoms with van der Waals surface area (Å²) < 4.78 is 2.31. The van der Waals surface area contributed by atoms with Crippen LogP contribution >= 0.6 is 34.5 Å². The second-order valence-electron chi connectivity index (χ2n) is 7.19. The molecular weight excluding hydrogens is 513 g/mol. The molecule has 0 spiro atoms. The molecule has 0 aliphatic carbocycles. The molecule has 1 aromatic carbocycles. The maximum atomic E-state index is 12.7. The first-order valence-corrected chi connectivity index (χ1v) is 11.0. The Hall–Kier alpha value is -2.23. The first-order chi connectivity index (χ1) is 14.5. The minimum Gasteiger partial charge on any atom is -0.354 e. The fourth-order valence-corrected chi connectivity index (χ4v) is 3.98. The lowest BCUT2D eigenvalue weighted by Gasteiger charge is -2.36. The molecule has 154 valence electrons. The van der Waals surface area contributed by atoms with Crippen LogP contribution in [-0.4, -0.2) is 44.7 Å². The van der Waals surface area contributed by atoms with Crippen LogP contribution in [0.2, 0.25) is 5.02 Å². The molecule has 1 aliphatic rings. The minimum absolute atomic E-state index is 0.214. The standard InChI is InChI=1S/C22H21ClIN5O/c1-15-14-28(10-11-29(15)24)21-8-5-16(13-26-21)22(30)27-17-6-7-19(23)18(12-17)20-4-2-3-9-25-20/h2-9,12-13,15H,10-11,14H2,1H3,(H,27,30)/t15-/m1/s1. The van der Waals surface area contributed by atoms with E-state index in [0.29, 0.717) is 22.3 Å². The van der Waals surface area contributed by atoms with Crippen LogP contribution in [0.3, 0.4) is 0 Å². The van der Waals surface area contributed by atoms with Crippen LogP contribution in [0.25, 0.3) is 11.3 Å². The molecule has 1 aliphatic heterocycles. The molecule has 0 saturated carbocycles. The average Bonchev–Trinajstić information content (AvgIpc) is 2.77. The number of halogens is 2. The smallest absolute Gasteiger partial charge is 0.257 e. The number of pyridine rings is 2. The summed E-state index contributed by atoms with van der Waals surface area (Å²) in [4.78, 5) is 23.8. The van der Waals surface area contributed by atoms with E-state index in [4.69, 9.17) is 11.6 Å². The molecule has 1 fully saturated rings. The van der Waals surface area contributed by atoms with Gasteiger partial charge >= 0.3 is 0 Å². The molecule has 0 unspecified atom stereocenters. The Morgan fingerprint density at radius 1 is 1.17 bits per heavy atom. The SMILES string of the molecule is C[C@@H]1CN(c2ccc(C(=O)Nc3ccc(Cl)c(-c4ccccn4)c3)cn2)CCN1I. The van der Waals surface area contributed by atoms with Gasteiger partial charge in [0.15, 0.2) is 0 Å². The highest BCUT2D eigenvalue weighted by atomic mass is 127. The Morgan fingerprint density at radius 3 is 2.73 bits per heavy atom. The molecule has 0 radical (unpaired) electrons. The van der Waals surface area contributed by atoms with E-state index in [1.807, 2.05) is 36.4 Å². The number of piperazine rings is 1. The van der Waals surface area contributed by atoms with Crippen molar-refractivity contribution in [2.45, 2.75) is 13.0 Å². The Balaban J connectivity index is 1.47. The zero-order valence-corrected chi connectivity index (χ0v) is 19.3. The number of benzene rings is 1. The highest BCUT2D eigenvalue weighted by molar-refractivity contribution is 14.1. The lowest BCUT2D eigenvalue weighted by Crippen LogP contribution is -2.48. The summed E-state index contributed by atoms with van der Waals surface area (Å²) in [7, 11) is 0. The molecule has 8 heteroatoms. The lowest BCUT2D eigenvalue weighted by molar-refractivity contribution is 0.102. The van der Waals surface area contributed by atoms with Gasteiger partial charge in [0.05, 0.1) is 16.3 Å². The van der Waals surface area contributed by atoms with Crippen molar-refractivity contribution in [3.8, 4) is 11.3 Å². The van der Waals surface area contributed by atoms with Gasteiger partial charge in [-0.15, -0.1) is 0 Å².